The zero-order valence-electron chi connectivity index (χ0n) is 20.8. The molecular weight excluding hydrogens is 446 g/mol. The molecular formula is C26H35N5O4. The molecule has 1 aliphatic carbocycles. The van der Waals surface area contributed by atoms with Crippen LogP contribution >= 0.6 is 0 Å². The Morgan fingerprint density at radius 1 is 1.20 bits per heavy atom. The summed E-state index contributed by atoms with van der Waals surface area (Å²) in [7, 11) is 0. The van der Waals surface area contributed by atoms with Gasteiger partial charge >= 0.3 is 0 Å². The van der Waals surface area contributed by atoms with E-state index in [2.05, 4.69) is 15.7 Å². The lowest BCUT2D eigenvalue weighted by atomic mass is 9.94. The molecule has 0 radical (unpaired) electrons. The third kappa shape index (κ3) is 5.04. The maximum absolute atomic E-state index is 13.4. The van der Waals surface area contributed by atoms with Crippen molar-refractivity contribution in [2.75, 3.05) is 13.2 Å². The van der Waals surface area contributed by atoms with Gasteiger partial charge in [0.1, 0.15) is 17.0 Å². The molecule has 9 nitrogen and oxygen atoms in total. The van der Waals surface area contributed by atoms with E-state index in [0.717, 1.165) is 37.7 Å². The number of aromatic nitrogens is 2. The number of hydrogen-bond acceptors (Lipinski definition) is 5. The zero-order chi connectivity index (χ0) is 25.0. The van der Waals surface area contributed by atoms with Crippen molar-refractivity contribution in [2.24, 2.45) is 0 Å². The van der Waals surface area contributed by atoms with Crippen LogP contribution in [0.4, 0.5) is 0 Å². The van der Waals surface area contributed by atoms with E-state index in [-0.39, 0.29) is 42.5 Å². The van der Waals surface area contributed by atoms with Gasteiger partial charge in [-0.15, -0.1) is 0 Å². The number of amides is 3. The van der Waals surface area contributed by atoms with Crippen molar-refractivity contribution in [3.05, 3.63) is 47.3 Å². The molecule has 1 aliphatic heterocycles. The molecule has 1 atom stereocenters. The van der Waals surface area contributed by atoms with Gasteiger partial charge in [-0.1, -0.05) is 38.0 Å². The van der Waals surface area contributed by atoms with E-state index >= 15 is 0 Å². The van der Waals surface area contributed by atoms with Crippen molar-refractivity contribution in [1.29, 1.82) is 0 Å². The van der Waals surface area contributed by atoms with E-state index in [4.69, 9.17) is 4.74 Å². The zero-order valence-corrected chi connectivity index (χ0v) is 20.8. The number of carbonyl (C=O) groups excluding carboxylic acids is 3. The number of hydrogen-bond donors (Lipinski definition) is 2. The van der Waals surface area contributed by atoms with Crippen LogP contribution < -0.4 is 15.4 Å². The average Bonchev–Trinajstić information content (AvgIpc) is 3.51. The maximum atomic E-state index is 13.4. The first-order valence-electron chi connectivity index (χ1n) is 12.6. The van der Waals surface area contributed by atoms with Gasteiger partial charge in [-0.05, 0) is 39.2 Å². The second-order valence-electron chi connectivity index (χ2n) is 9.48. The van der Waals surface area contributed by atoms with Crippen molar-refractivity contribution in [3.8, 4) is 5.75 Å². The highest BCUT2D eigenvalue weighted by atomic mass is 16.5. The van der Waals surface area contributed by atoms with Crippen molar-refractivity contribution in [3.63, 3.8) is 0 Å². The highest BCUT2D eigenvalue weighted by molar-refractivity contribution is 6.02. The average molecular weight is 482 g/mol. The molecule has 3 amide bonds. The largest absolute Gasteiger partial charge is 0.494 e. The van der Waals surface area contributed by atoms with Crippen LogP contribution in [-0.2, 0) is 17.9 Å². The molecule has 2 heterocycles. The topological polar surface area (TPSA) is 106 Å². The SMILES string of the molecule is CCCN1C(=O)c2cc(C(=O)NCc3ccccc3OCC)nn2CC1(C)C(=O)NC1CCCC1. The summed E-state index contributed by atoms with van der Waals surface area (Å²) < 4.78 is 7.13. The van der Waals surface area contributed by atoms with Crippen LogP contribution in [0.3, 0.4) is 0 Å². The van der Waals surface area contributed by atoms with E-state index < -0.39 is 5.54 Å². The third-order valence-corrected chi connectivity index (χ3v) is 6.87. The Labute approximate surface area is 206 Å². The summed E-state index contributed by atoms with van der Waals surface area (Å²) in [5.74, 6) is -0.111. The normalized spacial score (nSPS) is 20.0. The molecule has 35 heavy (non-hydrogen) atoms. The third-order valence-electron chi connectivity index (χ3n) is 6.87. The van der Waals surface area contributed by atoms with Crippen LogP contribution in [0.15, 0.2) is 30.3 Å². The van der Waals surface area contributed by atoms with Crippen LogP contribution in [0.5, 0.6) is 5.75 Å². The van der Waals surface area contributed by atoms with E-state index in [1.165, 1.54) is 10.7 Å². The second kappa shape index (κ2) is 10.5. The quantitative estimate of drug-likeness (QED) is 0.573. The lowest BCUT2D eigenvalue weighted by molar-refractivity contribution is -0.133. The van der Waals surface area contributed by atoms with Gasteiger partial charge in [0, 0.05) is 30.8 Å². The minimum Gasteiger partial charge on any atom is -0.494 e. The fraction of sp³-hybridized carbons (Fsp3) is 0.538. The van der Waals surface area contributed by atoms with Gasteiger partial charge in [-0.25, -0.2) is 0 Å². The molecule has 1 aromatic heterocycles. The summed E-state index contributed by atoms with van der Waals surface area (Å²) in [4.78, 5) is 41.3. The molecule has 2 aliphatic rings. The molecule has 2 aromatic rings. The number of ether oxygens (including phenoxy) is 1. The van der Waals surface area contributed by atoms with E-state index in [9.17, 15) is 14.4 Å². The highest BCUT2D eigenvalue weighted by Crippen LogP contribution is 2.29. The first-order valence-corrected chi connectivity index (χ1v) is 12.6. The Kier molecular flexibility index (Phi) is 7.42. The number of para-hydroxylation sites is 1. The monoisotopic (exact) mass is 481 g/mol. The highest BCUT2D eigenvalue weighted by Gasteiger charge is 2.48. The minimum atomic E-state index is -1.07. The number of rotatable bonds is 9. The van der Waals surface area contributed by atoms with Crippen molar-refractivity contribution in [1.82, 2.24) is 25.3 Å². The van der Waals surface area contributed by atoms with Gasteiger partial charge in [0.2, 0.25) is 5.91 Å². The van der Waals surface area contributed by atoms with E-state index in [1.807, 2.05) is 38.1 Å². The van der Waals surface area contributed by atoms with Gasteiger partial charge in [0.15, 0.2) is 5.69 Å². The van der Waals surface area contributed by atoms with Crippen LogP contribution in [0, 0.1) is 0 Å². The number of nitrogens with zero attached hydrogens (tertiary/aromatic N) is 3. The second-order valence-corrected chi connectivity index (χ2v) is 9.48. The van der Waals surface area contributed by atoms with Crippen molar-refractivity contribution in [2.45, 2.75) is 77.5 Å². The summed E-state index contributed by atoms with van der Waals surface area (Å²) >= 11 is 0. The predicted molar refractivity (Wildman–Crippen MR) is 131 cm³/mol. The fourth-order valence-electron chi connectivity index (χ4n) is 4.95. The first-order chi connectivity index (χ1) is 16.9. The number of benzene rings is 1. The van der Waals surface area contributed by atoms with Crippen LogP contribution in [0.25, 0.3) is 0 Å². The first kappa shape index (κ1) is 24.8. The standard InChI is InChI=1S/C26H35N5O4/c1-4-14-30-24(33)21-15-20(23(32)27-16-18-10-6-9-13-22(18)35-5-2)29-31(21)17-26(30,3)25(34)28-19-11-7-8-12-19/h6,9-10,13,15,19H,4-5,7-8,11-12,14,16-17H2,1-3H3,(H,27,32)(H,28,34). The summed E-state index contributed by atoms with van der Waals surface area (Å²) in [6, 6.07) is 9.19. The van der Waals surface area contributed by atoms with E-state index in [1.54, 1.807) is 11.8 Å². The van der Waals surface area contributed by atoms with Crippen LogP contribution in [0.2, 0.25) is 0 Å². The summed E-state index contributed by atoms with van der Waals surface area (Å²) in [6.45, 7) is 7.14. The number of fused-ring (bicyclic) bond motifs is 1. The Morgan fingerprint density at radius 2 is 1.94 bits per heavy atom. The Balaban J connectivity index is 1.52. The smallest absolute Gasteiger partial charge is 0.273 e. The lowest BCUT2D eigenvalue weighted by Gasteiger charge is -2.43. The van der Waals surface area contributed by atoms with Gasteiger partial charge < -0.3 is 20.3 Å². The molecule has 188 valence electrons. The molecule has 0 bridgehead atoms. The maximum Gasteiger partial charge on any atom is 0.273 e. The molecule has 4 rings (SSSR count). The Morgan fingerprint density at radius 3 is 2.66 bits per heavy atom. The lowest BCUT2D eigenvalue weighted by Crippen LogP contribution is -2.65. The molecule has 9 heteroatoms. The Hall–Kier alpha value is -3.36. The van der Waals surface area contributed by atoms with Crippen LogP contribution in [0.1, 0.15) is 79.4 Å². The molecule has 0 saturated heterocycles. The van der Waals surface area contributed by atoms with Gasteiger partial charge in [-0.3, -0.25) is 19.1 Å². The summed E-state index contributed by atoms with van der Waals surface area (Å²) in [6.07, 6.45) is 4.87. The molecule has 1 unspecified atom stereocenters. The number of nitrogens with one attached hydrogen (secondary N) is 2. The molecule has 0 spiro atoms. The molecule has 1 saturated carbocycles. The minimum absolute atomic E-state index is 0.151. The number of carbonyl (C=O) groups is 3. The van der Waals surface area contributed by atoms with Crippen molar-refractivity contribution >= 4 is 17.7 Å². The summed E-state index contributed by atoms with van der Waals surface area (Å²) in [5.41, 5.74) is 0.260. The van der Waals surface area contributed by atoms with Gasteiger partial charge in [0.25, 0.3) is 11.8 Å². The molecule has 2 N–H and O–H groups in total. The van der Waals surface area contributed by atoms with Gasteiger partial charge in [0.05, 0.1) is 13.2 Å². The van der Waals surface area contributed by atoms with Gasteiger partial charge in [-0.2, -0.15) is 5.10 Å². The summed E-state index contributed by atoms with van der Waals surface area (Å²) in [5, 5.41) is 10.4. The van der Waals surface area contributed by atoms with E-state index in [0.29, 0.717) is 24.6 Å². The Bertz CT molecular complexity index is 1090. The fourth-order valence-corrected chi connectivity index (χ4v) is 4.95. The van der Waals surface area contributed by atoms with Crippen molar-refractivity contribution < 1.29 is 19.1 Å². The van der Waals surface area contributed by atoms with Crippen LogP contribution in [-0.4, -0.2) is 57.1 Å². The molecule has 1 fully saturated rings. The predicted octanol–water partition coefficient (Wildman–Crippen LogP) is 2.90. The molecule has 1 aromatic carbocycles.